The molecule has 0 bridgehead atoms. The first kappa shape index (κ1) is 18.4. The summed E-state index contributed by atoms with van der Waals surface area (Å²) < 4.78 is 0. The van der Waals surface area contributed by atoms with Crippen molar-refractivity contribution in [2.24, 2.45) is 5.92 Å². The van der Waals surface area contributed by atoms with E-state index in [1.54, 1.807) is 6.07 Å². The van der Waals surface area contributed by atoms with Crippen LogP contribution in [0.5, 0.6) is 5.75 Å². The number of nitrogens with one attached hydrogen (secondary N) is 1. The molecule has 2 aromatic rings. The molecule has 0 amide bonds. The number of aromatic nitrogens is 2. The van der Waals surface area contributed by atoms with Gasteiger partial charge in [0.1, 0.15) is 11.4 Å². The molecule has 5 heteroatoms. The van der Waals surface area contributed by atoms with Crippen molar-refractivity contribution < 1.29 is 10.2 Å². The number of fused-ring (bicyclic) bond motifs is 1. The topological polar surface area (TPSA) is 78.3 Å². The van der Waals surface area contributed by atoms with Crippen LogP contribution in [0.1, 0.15) is 62.1 Å². The Morgan fingerprint density at radius 2 is 1.86 bits per heavy atom. The van der Waals surface area contributed by atoms with E-state index in [0.29, 0.717) is 5.92 Å². The van der Waals surface area contributed by atoms with Gasteiger partial charge in [-0.05, 0) is 82.1 Å². The quantitative estimate of drug-likeness (QED) is 0.696. The Balaban J connectivity index is 1.45. The van der Waals surface area contributed by atoms with Crippen LogP contribution in [0.4, 0.5) is 5.82 Å². The normalized spacial score (nSPS) is 25.4. The molecule has 1 aromatic carbocycles. The number of phenolic OH excluding ortho intramolecular Hbond substituents is 1. The van der Waals surface area contributed by atoms with Crippen molar-refractivity contribution in [3.8, 4) is 28.8 Å². The number of hydrogen-bond donors (Lipinski definition) is 3. The molecule has 5 rings (SSSR count). The SMILES string of the molecule is CC1(O)CC(Nc2nnc(-c3ccc(C#CC4CC4)cc3O)c3c2CCCC3)C1. The van der Waals surface area contributed by atoms with Gasteiger partial charge in [0.25, 0.3) is 0 Å². The van der Waals surface area contributed by atoms with Crippen molar-refractivity contribution in [1.82, 2.24) is 10.2 Å². The Bertz CT molecular complexity index is 1010. The monoisotopic (exact) mass is 389 g/mol. The summed E-state index contributed by atoms with van der Waals surface area (Å²) in [6.45, 7) is 1.87. The first-order valence-electron chi connectivity index (χ1n) is 10.7. The van der Waals surface area contributed by atoms with E-state index in [9.17, 15) is 10.2 Å². The highest BCUT2D eigenvalue weighted by molar-refractivity contribution is 5.73. The number of aromatic hydroxyl groups is 1. The Morgan fingerprint density at radius 3 is 2.55 bits per heavy atom. The largest absolute Gasteiger partial charge is 0.507 e. The number of aliphatic hydroxyl groups is 1. The lowest BCUT2D eigenvalue weighted by Gasteiger charge is -2.41. The summed E-state index contributed by atoms with van der Waals surface area (Å²) in [5.41, 5.74) is 4.18. The van der Waals surface area contributed by atoms with Gasteiger partial charge in [0.15, 0.2) is 5.82 Å². The third-order valence-electron chi connectivity index (χ3n) is 6.25. The van der Waals surface area contributed by atoms with Crippen LogP contribution < -0.4 is 5.32 Å². The Labute approximate surface area is 171 Å². The molecule has 0 atom stereocenters. The number of benzene rings is 1. The molecule has 0 unspecified atom stereocenters. The molecule has 3 aliphatic rings. The minimum Gasteiger partial charge on any atom is -0.507 e. The standard InChI is InChI=1S/C24H27N3O2/c1-24(29)13-17(14-24)25-23-19-5-3-2-4-18(19)22(26-27-23)20-11-10-16(12-21(20)28)9-8-15-6-7-15/h10-12,15,17,28-29H,2-7,13-14H2,1H3,(H,25,27). The van der Waals surface area contributed by atoms with Crippen LogP contribution in [0, 0.1) is 17.8 Å². The van der Waals surface area contributed by atoms with Gasteiger partial charge in [-0.3, -0.25) is 0 Å². The summed E-state index contributed by atoms with van der Waals surface area (Å²) in [6.07, 6.45) is 8.01. The van der Waals surface area contributed by atoms with Crippen LogP contribution in [0.3, 0.4) is 0 Å². The van der Waals surface area contributed by atoms with E-state index in [1.165, 1.54) is 24.0 Å². The average Bonchev–Trinajstić information content (AvgIpc) is 3.50. The highest BCUT2D eigenvalue weighted by atomic mass is 16.3. The molecule has 3 N–H and O–H groups in total. The van der Waals surface area contributed by atoms with Gasteiger partial charge in [-0.25, -0.2) is 0 Å². The molecule has 2 fully saturated rings. The second-order valence-corrected chi connectivity index (χ2v) is 9.08. The minimum atomic E-state index is -0.568. The molecule has 0 spiro atoms. The molecule has 3 aliphatic carbocycles. The van der Waals surface area contributed by atoms with Gasteiger partial charge in [-0.2, -0.15) is 0 Å². The van der Waals surface area contributed by atoms with Crippen molar-refractivity contribution in [3.05, 3.63) is 34.9 Å². The van der Waals surface area contributed by atoms with Crippen LogP contribution in [0.2, 0.25) is 0 Å². The van der Waals surface area contributed by atoms with Crippen LogP contribution >= 0.6 is 0 Å². The summed E-state index contributed by atoms with van der Waals surface area (Å²) in [5.74, 6) is 7.99. The van der Waals surface area contributed by atoms with Crippen LogP contribution in [-0.2, 0) is 12.8 Å². The highest BCUT2D eigenvalue weighted by Crippen LogP contribution is 2.39. The van der Waals surface area contributed by atoms with E-state index in [1.807, 2.05) is 19.1 Å². The summed E-state index contributed by atoms with van der Waals surface area (Å²) in [4.78, 5) is 0. The molecule has 0 radical (unpaired) electrons. The fraction of sp³-hybridized carbons (Fsp3) is 0.500. The maximum Gasteiger partial charge on any atom is 0.152 e. The van der Waals surface area contributed by atoms with Crippen molar-refractivity contribution >= 4 is 5.82 Å². The van der Waals surface area contributed by atoms with Gasteiger partial charge in [-0.15, -0.1) is 10.2 Å². The highest BCUT2D eigenvalue weighted by Gasteiger charge is 2.39. The summed E-state index contributed by atoms with van der Waals surface area (Å²) in [5, 5.41) is 33.2. The van der Waals surface area contributed by atoms with Crippen LogP contribution in [-0.4, -0.2) is 32.1 Å². The molecular formula is C24H27N3O2. The number of anilines is 1. The van der Waals surface area contributed by atoms with Crippen LogP contribution in [0.15, 0.2) is 18.2 Å². The molecule has 5 nitrogen and oxygen atoms in total. The fourth-order valence-corrected chi connectivity index (χ4v) is 4.50. The first-order chi connectivity index (χ1) is 14.0. The average molecular weight is 389 g/mol. The molecule has 29 heavy (non-hydrogen) atoms. The zero-order valence-corrected chi connectivity index (χ0v) is 16.8. The maximum atomic E-state index is 10.7. The van der Waals surface area contributed by atoms with E-state index < -0.39 is 5.60 Å². The van der Waals surface area contributed by atoms with E-state index in [-0.39, 0.29) is 11.8 Å². The summed E-state index contributed by atoms with van der Waals surface area (Å²) >= 11 is 0. The zero-order valence-electron chi connectivity index (χ0n) is 16.8. The maximum absolute atomic E-state index is 10.7. The van der Waals surface area contributed by atoms with E-state index in [0.717, 1.165) is 61.2 Å². The van der Waals surface area contributed by atoms with E-state index in [4.69, 9.17) is 0 Å². The van der Waals surface area contributed by atoms with Gasteiger partial charge in [0, 0.05) is 28.7 Å². The van der Waals surface area contributed by atoms with E-state index >= 15 is 0 Å². The number of rotatable bonds is 3. The second kappa shape index (κ2) is 7.03. The predicted octanol–water partition coefficient (Wildman–Crippen LogP) is 3.81. The third kappa shape index (κ3) is 3.82. The minimum absolute atomic E-state index is 0.213. The van der Waals surface area contributed by atoms with Crippen LogP contribution in [0.25, 0.3) is 11.3 Å². The lowest BCUT2D eigenvalue weighted by molar-refractivity contribution is -0.0235. The van der Waals surface area contributed by atoms with E-state index in [2.05, 4.69) is 27.4 Å². The lowest BCUT2D eigenvalue weighted by Crippen LogP contribution is -2.48. The van der Waals surface area contributed by atoms with Gasteiger partial charge in [0.05, 0.1) is 5.60 Å². The fourth-order valence-electron chi connectivity index (χ4n) is 4.50. The molecule has 150 valence electrons. The zero-order chi connectivity index (χ0) is 20.0. The molecule has 0 saturated heterocycles. The van der Waals surface area contributed by atoms with Crippen molar-refractivity contribution in [3.63, 3.8) is 0 Å². The second-order valence-electron chi connectivity index (χ2n) is 9.08. The van der Waals surface area contributed by atoms with Crippen molar-refractivity contribution in [2.75, 3.05) is 5.32 Å². The predicted molar refractivity (Wildman–Crippen MR) is 113 cm³/mol. The Kier molecular flexibility index (Phi) is 4.48. The third-order valence-corrected chi connectivity index (χ3v) is 6.25. The first-order valence-corrected chi connectivity index (χ1v) is 10.7. The molecule has 2 saturated carbocycles. The Morgan fingerprint density at radius 1 is 1.10 bits per heavy atom. The van der Waals surface area contributed by atoms with Gasteiger partial charge in [-0.1, -0.05) is 11.8 Å². The Hall–Kier alpha value is -2.58. The molecule has 0 aliphatic heterocycles. The molecule has 1 heterocycles. The van der Waals surface area contributed by atoms with Gasteiger partial charge >= 0.3 is 0 Å². The van der Waals surface area contributed by atoms with Gasteiger partial charge < -0.3 is 15.5 Å². The summed E-state index contributed by atoms with van der Waals surface area (Å²) in [7, 11) is 0. The van der Waals surface area contributed by atoms with Gasteiger partial charge in [0.2, 0.25) is 0 Å². The van der Waals surface area contributed by atoms with Crippen molar-refractivity contribution in [2.45, 2.75) is 69.9 Å². The number of hydrogen-bond acceptors (Lipinski definition) is 5. The number of nitrogens with zero attached hydrogens (tertiary/aromatic N) is 2. The lowest BCUT2D eigenvalue weighted by atomic mass is 9.77. The number of phenols is 1. The molecular weight excluding hydrogens is 362 g/mol. The smallest absolute Gasteiger partial charge is 0.152 e. The van der Waals surface area contributed by atoms with Crippen molar-refractivity contribution in [1.29, 1.82) is 0 Å². The molecule has 1 aromatic heterocycles. The summed E-state index contributed by atoms with van der Waals surface area (Å²) in [6, 6.07) is 5.86.